The van der Waals surface area contributed by atoms with Gasteiger partial charge in [-0.3, -0.25) is 4.99 Å². The Labute approximate surface area is 110 Å². The lowest BCUT2D eigenvalue weighted by atomic mass is 9.91. The summed E-state index contributed by atoms with van der Waals surface area (Å²) >= 11 is 0. The zero-order valence-electron chi connectivity index (χ0n) is 10.6. The van der Waals surface area contributed by atoms with E-state index in [1.807, 2.05) is 36.4 Å². The molecule has 3 heteroatoms. The third kappa shape index (κ3) is 1.96. The molecule has 0 radical (unpaired) electrons. The number of fused-ring (bicyclic) bond motifs is 1. The van der Waals surface area contributed by atoms with Gasteiger partial charge < -0.3 is 4.74 Å². The van der Waals surface area contributed by atoms with Crippen molar-refractivity contribution in [3.8, 4) is 0 Å². The average Bonchev–Trinajstić information content (AvgIpc) is 2.78. The zero-order valence-corrected chi connectivity index (χ0v) is 10.6. The molecule has 96 valence electrons. The van der Waals surface area contributed by atoms with Gasteiger partial charge in [-0.15, -0.1) is 0 Å². The highest BCUT2D eigenvalue weighted by Gasteiger charge is 2.34. The van der Waals surface area contributed by atoms with Crippen molar-refractivity contribution in [2.45, 2.75) is 5.54 Å². The molecule has 1 atom stereocenters. The fourth-order valence-corrected chi connectivity index (χ4v) is 2.54. The Morgan fingerprint density at radius 2 is 1.84 bits per heavy atom. The summed E-state index contributed by atoms with van der Waals surface area (Å²) in [5.41, 5.74) is -0.211. The highest BCUT2D eigenvalue weighted by atomic mass is 19.1. The molecule has 0 aliphatic carbocycles. The molecule has 0 aromatic heterocycles. The Morgan fingerprint density at radius 3 is 2.58 bits per heavy atom. The van der Waals surface area contributed by atoms with E-state index in [2.05, 4.69) is 4.99 Å². The highest BCUT2D eigenvalue weighted by molar-refractivity contribution is 5.49. The third-order valence-electron chi connectivity index (χ3n) is 3.36. The molecule has 0 spiro atoms. The van der Waals surface area contributed by atoms with Crippen molar-refractivity contribution in [3.05, 3.63) is 70.5 Å². The van der Waals surface area contributed by atoms with Crippen LogP contribution < -0.4 is 10.6 Å². The van der Waals surface area contributed by atoms with Gasteiger partial charge in [0.25, 0.3) is 0 Å². The molecule has 1 aliphatic heterocycles. The predicted octanol–water partition coefficient (Wildman–Crippen LogP) is 1.78. The molecule has 1 heterocycles. The van der Waals surface area contributed by atoms with Crippen LogP contribution in [0.3, 0.4) is 0 Å². The van der Waals surface area contributed by atoms with E-state index in [0.717, 1.165) is 10.6 Å². The van der Waals surface area contributed by atoms with Crippen LogP contribution in [0.15, 0.2) is 53.5 Å². The molecule has 1 aliphatic rings. The number of halogens is 1. The smallest absolute Gasteiger partial charge is 0.131 e. The summed E-state index contributed by atoms with van der Waals surface area (Å²) in [5, 5.41) is 1.89. The number of benzene rings is 2. The van der Waals surface area contributed by atoms with Crippen LogP contribution in [0.4, 0.5) is 4.39 Å². The second kappa shape index (κ2) is 4.59. The standard InChI is InChI=1S/C16H14FNO/c1-19-11-16(13-7-3-4-8-14(13)17)10-12-6-2-5-9-15(12)18-16/h2-10H,11H2,1H3. The number of rotatable bonds is 3. The second-order valence-corrected chi connectivity index (χ2v) is 4.65. The number of hydrogen-bond acceptors (Lipinski definition) is 2. The van der Waals surface area contributed by atoms with E-state index in [9.17, 15) is 4.39 Å². The quantitative estimate of drug-likeness (QED) is 0.819. The summed E-state index contributed by atoms with van der Waals surface area (Å²) in [4.78, 5) is 4.68. The fraction of sp³-hybridized carbons (Fsp3) is 0.188. The largest absolute Gasteiger partial charge is 0.381 e. The molecule has 0 bridgehead atoms. The van der Waals surface area contributed by atoms with Crippen LogP contribution in [0.2, 0.25) is 0 Å². The van der Waals surface area contributed by atoms with E-state index in [0.29, 0.717) is 12.2 Å². The average molecular weight is 255 g/mol. The van der Waals surface area contributed by atoms with Gasteiger partial charge in [0, 0.05) is 12.7 Å². The van der Waals surface area contributed by atoms with E-state index in [-0.39, 0.29) is 5.82 Å². The van der Waals surface area contributed by atoms with Crippen LogP contribution in [0.25, 0.3) is 6.08 Å². The topological polar surface area (TPSA) is 21.6 Å². The Kier molecular flexibility index (Phi) is 2.91. The summed E-state index contributed by atoms with van der Waals surface area (Å²) in [6, 6.07) is 14.5. The van der Waals surface area contributed by atoms with Crippen LogP contribution in [-0.4, -0.2) is 13.7 Å². The van der Waals surface area contributed by atoms with Gasteiger partial charge in [-0.1, -0.05) is 36.4 Å². The van der Waals surface area contributed by atoms with Crippen LogP contribution in [0, 0.1) is 5.82 Å². The molecular weight excluding hydrogens is 241 g/mol. The first-order valence-electron chi connectivity index (χ1n) is 6.17. The minimum Gasteiger partial charge on any atom is -0.381 e. The number of nitrogens with zero attached hydrogens (tertiary/aromatic N) is 1. The summed E-state index contributed by atoms with van der Waals surface area (Å²) in [6.45, 7) is 0.322. The first-order valence-corrected chi connectivity index (χ1v) is 6.17. The SMILES string of the molecule is COCC1(c2ccccc2F)C=c2ccccc2=N1. The molecular formula is C16H14FNO. The van der Waals surface area contributed by atoms with Crippen LogP contribution >= 0.6 is 0 Å². The monoisotopic (exact) mass is 255 g/mol. The van der Waals surface area contributed by atoms with Crippen molar-refractivity contribution in [1.29, 1.82) is 0 Å². The molecule has 0 amide bonds. The van der Waals surface area contributed by atoms with Gasteiger partial charge in [-0.2, -0.15) is 0 Å². The first-order chi connectivity index (χ1) is 9.25. The van der Waals surface area contributed by atoms with Gasteiger partial charge in [0.05, 0.1) is 12.0 Å². The van der Waals surface area contributed by atoms with Gasteiger partial charge in [0.1, 0.15) is 11.4 Å². The summed E-state index contributed by atoms with van der Waals surface area (Å²) in [7, 11) is 1.61. The zero-order chi connectivity index (χ0) is 13.3. The molecule has 0 saturated heterocycles. The molecule has 19 heavy (non-hydrogen) atoms. The van der Waals surface area contributed by atoms with Gasteiger partial charge >= 0.3 is 0 Å². The molecule has 2 nitrogen and oxygen atoms in total. The molecule has 2 aromatic rings. The summed E-state index contributed by atoms with van der Waals surface area (Å²) in [6.07, 6.45) is 1.98. The van der Waals surface area contributed by atoms with Crippen molar-refractivity contribution in [3.63, 3.8) is 0 Å². The van der Waals surface area contributed by atoms with Crippen molar-refractivity contribution in [1.82, 2.24) is 0 Å². The van der Waals surface area contributed by atoms with Gasteiger partial charge in [0.2, 0.25) is 0 Å². The van der Waals surface area contributed by atoms with Gasteiger partial charge in [0.15, 0.2) is 0 Å². The maximum atomic E-state index is 14.1. The molecule has 0 N–H and O–H groups in total. The first kappa shape index (κ1) is 12.1. The minimum atomic E-state index is -0.760. The molecule has 3 rings (SSSR count). The van der Waals surface area contributed by atoms with E-state index >= 15 is 0 Å². The Morgan fingerprint density at radius 1 is 1.11 bits per heavy atom. The maximum absolute atomic E-state index is 14.1. The van der Waals surface area contributed by atoms with E-state index < -0.39 is 5.54 Å². The molecule has 0 fully saturated rings. The minimum absolute atomic E-state index is 0.257. The molecule has 0 saturated carbocycles. The molecule has 2 aromatic carbocycles. The Bertz CT molecular complexity index is 689. The summed E-state index contributed by atoms with van der Waals surface area (Å²) in [5.74, 6) is -0.257. The van der Waals surface area contributed by atoms with Crippen LogP contribution in [0.1, 0.15) is 5.56 Å². The van der Waals surface area contributed by atoms with E-state index in [4.69, 9.17) is 4.74 Å². The van der Waals surface area contributed by atoms with Crippen molar-refractivity contribution in [2.75, 3.05) is 13.7 Å². The third-order valence-corrected chi connectivity index (χ3v) is 3.36. The highest BCUT2D eigenvalue weighted by Crippen LogP contribution is 2.31. The number of methoxy groups -OCH3 is 1. The maximum Gasteiger partial charge on any atom is 0.131 e. The Balaban J connectivity index is 2.24. The van der Waals surface area contributed by atoms with Crippen molar-refractivity contribution in [2.24, 2.45) is 4.99 Å². The predicted molar refractivity (Wildman–Crippen MR) is 71.6 cm³/mol. The number of para-hydroxylation sites is 1. The van der Waals surface area contributed by atoms with E-state index in [1.165, 1.54) is 6.07 Å². The van der Waals surface area contributed by atoms with Gasteiger partial charge in [-0.05, 0) is 23.4 Å². The summed E-state index contributed by atoms with van der Waals surface area (Å²) < 4.78 is 19.4. The lowest BCUT2D eigenvalue weighted by Gasteiger charge is -2.24. The normalized spacial score (nSPS) is 20.5. The van der Waals surface area contributed by atoms with Crippen LogP contribution in [0.5, 0.6) is 0 Å². The molecule has 1 unspecified atom stereocenters. The number of hydrogen-bond donors (Lipinski definition) is 0. The van der Waals surface area contributed by atoms with Gasteiger partial charge in [-0.25, -0.2) is 4.39 Å². The van der Waals surface area contributed by atoms with E-state index in [1.54, 1.807) is 19.2 Å². The van der Waals surface area contributed by atoms with Crippen molar-refractivity contribution >= 4 is 6.08 Å². The second-order valence-electron chi connectivity index (χ2n) is 4.65. The van der Waals surface area contributed by atoms with Crippen LogP contribution in [-0.2, 0) is 10.3 Å². The lowest BCUT2D eigenvalue weighted by Crippen LogP contribution is -2.27. The Hall–Kier alpha value is -2.00. The fourth-order valence-electron chi connectivity index (χ4n) is 2.54. The number of ether oxygens (including phenoxy) is 1. The lowest BCUT2D eigenvalue weighted by molar-refractivity contribution is 0.158. The van der Waals surface area contributed by atoms with Crippen molar-refractivity contribution < 1.29 is 9.13 Å².